The zero-order valence-corrected chi connectivity index (χ0v) is 18.9. The van der Waals surface area contributed by atoms with Gasteiger partial charge in [-0.2, -0.15) is 0 Å². The van der Waals surface area contributed by atoms with E-state index in [1.165, 1.54) is 11.8 Å². The SMILES string of the molecule is COc1ccc2cc(CN(C)C(=O)CN3C(=O)NC(C)(c4cc(F)ccc4F)C3=O)ccc2c1. The van der Waals surface area contributed by atoms with E-state index < -0.39 is 41.6 Å². The minimum absolute atomic E-state index is 0.250. The summed E-state index contributed by atoms with van der Waals surface area (Å²) in [6, 6.07) is 13.2. The number of carbonyl (C=O) groups excluding carboxylic acids is 3. The molecule has 0 radical (unpaired) electrons. The molecule has 3 aromatic carbocycles. The number of fused-ring (bicyclic) bond motifs is 1. The molecule has 9 heteroatoms. The number of ether oxygens (including phenoxy) is 1. The van der Waals surface area contributed by atoms with Gasteiger partial charge in [0.05, 0.1) is 7.11 Å². The average Bonchev–Trinajstić information content (AvgIpc) is 3.03. The van der Waals surface area contributed by atoms with Crippen LogP contribution in [0.3, 0.4) is 0 Å². The highest BCUT2D eigenvalue weighted by atomic mass is 19.1. The third-order valence-corrected chi connectivity index (χ3v) is 5.99. The minimum atomic E-state index is -1.82. The summed E-state index contributed by atoms with van der Waals surface area (Å²) in [5, 5.41) is 4.35. The summed E-state index contributed by atoms with van der Waals surface area (Å²) in [6.07, 6.45) is 0. The van der Waals surface area contributed by atoms with Crippen molar-refractivity contribution in [3.63, 3.8) is 0 Å². The molecule has 0 aromatic heterocycles. The fourth-order valence-electron chi connectivity index (χ4n) is 4.02. The Morgan fingerprint density at radius 2 is 1.76 bits per heavy atom. The van der Waals surface area contributed by atoms with Crippen LogP contribution in [0.25, 0.3) is 10.8 Å². The van der Waals surface area contributed by atoms with Crippen LogP contribution in [0.15, 0.2) is 54.6 Å². The summed E-state index contributed by atoms with van der Waals surface area (Å²) in [7, 11) is 3.16. The first-order valence-corrected chi connectivity index (χ1v) is 10.5. The molecule has 0 saturated carbocycles. The van der Waals surface area contributed by atoms with Crippen LogP contribution < -0.4 is 10.1 Å². The van der Waals surface area contributed by atoms with E-state index >= 15 is 0 Å². The molecule has 1 aliphatic heterocycles. The number of benzene rings is 3. The molecule has 1 N–H and O–H groups in total. The van der Waals surface area contributed by atoms with E-state index in [4.69, 9.17) is 4.74 Å². The molecule has 1 heterocycles. The summed E-state index contributed by atoms with van der Waals surface area (Å²) < 4.78 is 33.2. The van der Waals surface area contributed by atoms with E-state index in [-0.39, 0.29) is 12.1 Å². The van der Waals surface area contributed by atoms with Crippen molar-refractivity contribution in [2.45, 2.75) is 19.0 Å². The zero-order valence-electron chi connectivity index (χ0n) is 18.9. The van der Waals surface area contributed by atoms with Crippen molar-refractivity contribution in [2.75, 3.05) is 20.7 Å². The molecule has 4 rings (SSSR count). The molecular weight excluding hydrogens is 444 g/mol. The number of nitrogens with one attached hydrogen (secondary N) is 1. The van der Waals surface area contributed by atoms with Crippen LogP contribution in [0.5, 0.6) is 5.75 Å². The van der Waals surface area contributed by atoms with Gasteiger partial charge in [-0.1, -0.05) is 18.2 Å². The van der Waals surface area contributed by atoms with E-state index in [0.29, 0.717) is 0 Å². The summed E-state index contributed by atoms with van der Waals surface area (Å²) in [5.41, 5.74) is -1.26. The maximum absolute atomic E-state index is 14.3. The van der Waals surface area contributed by atoms with Crippen molar-refractivity contribution in [1.82, 2.24) is 15.1 Å². The Labute approximate surface area is 194 Å². The fourth-order valence-corrected chi connectivity index (χ4v) is 4.02. The van der Waals surface area contributed by atoms with Gasteiger partial charge in [0.15, 0.2) is 0 Å². The van der Waals surface area contributed by atoms with Gasteiger partial charge in [-0.15, -0.1) is 0 Å². The molecule has 1 atom stereocenters. The van der Waals surface area contributed by atoms with E-state index in [9.17, 15) is 23.2 Å². The van der Waals surface area contributed by atoms with Crippen LogP contribution >= 0.6 is 0 Å². The van der Waals surface area contributed by atoms with Crippen LogP contribution in [-0.2, 0) is 21.7 Å². The number of imide groups is 1. The van der Waals surface area contributed by atoms with Gasteiger partial charge in [0.2, 0.25) is 5.91 Å². The van der Waals surface area contributed by atoms with Gasteiger partial charge in [-0.3, -0.25) is 14.5 Å². The molecule has 7 nitrogen and oxygen atoms in total. The lowest BCUT2D eigenvalue weighted by molar-refractivity contribution is -0.138. The van der Waals surface area contributed by atoms with Crippen LogP contribution in [-0.4, -0.2) is 48.3 Å². The number of nitrogens with zero attached hydrogens (tertiary/aromatic N) is 2. The Kier molecular flexibility index (Phi) is 5.95. The lowest BCUT2D eigenvalue weighted by atomic mass is 9.91. The maximum Gasteiger partial charge on any atom is 0.325 e. The predicted octanol–water partition coefficient (Wildman–Crippen LogP) is 3.55. The zero-order chi connectivity index (χ0) is 24.6. The van der Waals surface area contributed by atoms with Gasteiger partial charge in [-0.05, 0) is 59.7 Å². The van der Waals surface area contributed by atoms with Crippen LogP contribution in [0.2, 0.25) is 0 Å². The second-order valence-corrected chi connectivity index (χ2v) is 8.37. The van der Waals surface area contributed by atoms with E-state index in [1.54, 1.807) is 14.2 Å². The number of amides is 4. The number of hydrogen-bond donors (Lipinski definition) is 1. The lowest BCUT2D eigenvalue weighted by Gasteiger charge is -2.24. The van der Waals surface area contributed by atoms with Crippen molar-refractivity contribution in [2.24, 2.45) is 0 Å². The number of likely N-dealkylation sites (N-methyl/N-ethyl adjacent to an activating group) is 1. The molecule has 0 spiro atoms. The third-order valence-electron chi connectivity index (χ3n) is 5.99. The molecule has 1 saturated heterocycles. The molecule has 176 valence electrons. The monoisotopic (exact) mass is 467 g/mol. The number of rotatable bonds is 6. The summed E-state index contributed by atoms with van der Waals surface area (Å²) >= 11 is 0. The normalized spacial score (nSPS) is 17.7. The largest absolute Gasteiger partial charge is 0.497 e. The highest BCUT2D eigenvalue weighted by Crippen LogP contribution is 2.31. The van der Waals surface area contributed by atoms with Crippen molar-refractivity contribution in [3.05, 3.63) is 77.4 Å². The van der Waals surface area contributed by atoms with E-state index in [2.05, 4.69) is 5.32 Å². The molecule has 1 unspecified atom stereocenters. The van der Waals surface area contributed by atoms with E-state index in [0.717, 1.165) is 45.2 Å². The maximum atomic E-state index is 14.3. The van der Waals surface area contributed by atoms with Crippen molar-refractivity contribution >= 4 is 28.6 Å². The highest BCUT2D eigenvalue weighted by Gasteiger charge is 2.51. The first-order chi connectivity index (χ1) is 16.1. The Balaban J connectivity index is 1.47. The second-order valence-electron chi connectivity index (χ2n) is 8.37. The smallest absolute Gasteiger partial charge is 0.325 e. The quantitative estimate of drug-likeness (QED) is 0.563. The predicted molar refractivity (Wildman–Crippen MR) is 121 cm³/mol. The summed E-state index contributed by atoms with van der Waals surface area (Å²) in [4.78, 5) is 40.4. The average molecular weight is 467 g/mol. The Hall–Kier alpha value is -4.01. The molecule has 1 fully saturated rings. The van der Waals surface area contributed by atoms with E-state index in [1.807, 2.05) is 36.4 Å². The number of hydrogen-bond acceptors (Lipinski definition) is 4. The standard InChI is InChI=1S/C25H23F2N3O4/c1-25(20-12-18(26)7-9-21(20)27)23(32)30(24(33)28-25)14-22(31)29(2)13-15-4-5-17-11-19(34-3)8-6-16(17)10-15/h4-12H,13-14H2,1-3H3,(H,28,33). The summed E-state index contributed by atoms with van der Waals surface area (Å²) in [6.45, 7) is 1.00. The van der Waals surface area contributed by atoms with Crippen LogP contribution in [0.1, 0.15) is 18.1 Å². The molecule has 4 amide bonds. The Morgan fingerprint density at radius 3 is 2.50 bits per heavy atom. The number of carbonyl (C=O) groups is 3. The van der Waals surface area contributed by atoms with Crippen molar-refractivity contribution in [1.29, 1.82) is 0 Å². The van der Waals surface area contributed by atoms with Crippen molar-refractivity contribution in [3.8, 4) is 5.75 Å². The Morgan fingerprint density at radius 1 is 1.06 bits per heavy atom. The second kappa shape index (κ2) is 8.74. The van der Waals surface area contributed by atoms with Gasteiger partial charge < -0.3 is 15.0 Å². The minimum Gasteiger partial charge on any atom is -0.497 e. The first-order valence-electron chi connectivity index (χ1n) is 10.5. The van der Waals surface area contributed by atoms with Gasteiger partial charge in [0, 0.05) is 19.2 Å². The Bertz CT molecular complexity index is 1310. The summed E-state index contributed by atoms with van der Waals surface area (Å²) in [5.74, 6) is -2.16. The molecule has 3 aromatic rings. The highest BCUT2D eigenvalue weighted by molar-refractivity contribution is 6.09. The molecular formula is C25H23F2N3O4. The first kappa shape index (κ1) is 23.2. The van der Waals surface area contributed by atoms with Gasteiger partial charge in [0.25, 0.3) is 5.91 Å². The molecule has 34 heavy (non-hydrogen) atoms. The molecule has 1 aliphatic rings. The molecule has 0 aliphatic carbocycles. The van der Waals surface area contributed by atoms with Gasteiger partial charge in [0.1, 0.15) is 29.5 Å². The van der Waals surface area contributed by atoms with Gasteiger partial charge in [-0.25, -0.2) is 13.6 Å². The van der Waals surface area contributed by atoms with Crippen LogP contribution in [0, 0.1) is 11.6 Å². The van der Waals surface area contributed by atoms with Crippen LogP contribution in [0.4, 0.5) is 13.6 Å². The third kappa shape index (κ3) is 4.16. The topological polar surface area (TPSA) is 79.0 Å². The number of halogens is 2. The number of urea groups is 1. The van der Waals surface area contributed by atoms with Crippen molar-refractivity contribution < 1.29 is 27.9 Å². The number of methoxy groups -OCH3 is 1. The fraction of sp³-hybridized carbons (Fsp3) is 0.240. The van der Waals surface area contributed by atoms with Gasteiger partial charge >= 0.3 is 6.03 Å². The molecule has 0 bridgehead atoms. The lowest BCUT2D eigenvalue weighted by Crippen LogP contribution is -2.44.